The van der Waals surface area contributed by atoms with E-state index in [0.717, 1.165) is 12.8 Å². The average molecular weight is 358 g/mol. The van der Waals surface area contributed by atoms with Crippen molar-refractivity contribution in [2.45, 2.75) is 46.6 Å². The van der Waals surface area contributed by atoms with E-state index in [1.54, 1.807) is 13.8 Å². The summed E-state index contributed by atoms with van der Waals surface area (Å²) in [5.74, 6) is -1.65. The quantitative estimate of drug-likeness (QED) is 0.560. The molecule has 1 amide bonds. The highest BCUT2D eigenvalue weighted by molar-refractivity contribution is 6.31. The Bertz CT molecular complexity index is 575. The SMILES string of the molecule is CC(C)CCCOC(=O)C(NC(=O)c1cccc(Cl)c1F)C(C)C. The third kappa shape index (κ3) is 6.11. The monoisotopic (exact) mass is 357 g/mol. The van der Waals surface area contributed by atoms with Crippen LogP contribution >= 0.6 is 11.6 Å². The van der Waals surface area contributed by atoms with Crippen LogP contribution in [0.15, 0.2) is 18.2 Å². The van der Waals surface area contributed by atoms with Crippen molar-refractivity contribution in [2.24, 2.45) is 11.8 Å². The average Bonchev–Trinajstić information content (AvgIpc) is 2.50. The van der Waals surface area contributed by atoms with Crippen LogP contribution in [-0.4, -0.2) is 24.5 Å². The minimum absolute atomic E-state index is 0.139. The number of amides is 1. The van der Waals surface area contributed by atoms with Crippen molar-refractivity contribution < 1.29 is 18.7 Å². The molecule has 0 spiro atoms. The zero-order chi connectivity index (χ0) is 18.3. The lowest BCUT2D eigenvalue weighted by Crippen LogP contribution is -2.45. The molecule has 1 atom stereocenters. The number of ether oxygens (including phenoxy) is 1. The van der Waals surface area contributed by atoms with Gasteiger partial charge in [-0.15, -0.1) is 0 Å². The second kappa shape index (κ2) is 9.62. The molecule has 0 bridgehead atoms. The molecular weight excluding hydrogens is 333 g/mol. The van der Waals surface area contributed by atoms with E-state index >= 15 is 0 Å². The molecule has 1 N–H and O–H groups in total. The first-order chi connectivity index (χ1) is 11.2. The summed E-state index contributed by atoms with van der Waals surface area (Å²) in [5.41, 5.74) is -0.194. The van der Waals surface area contributed by atoms with Gasteiger partial charge in [-0.25, -0.2) is 9.18 Å². The molecule has 6 heteroatoms. The predicted octanol–water partition coefficient (Wildman–Crippen LogP) is 4.21. The van der Waals surface area contributed by atoms with Gasteiger partial charge in [0.1, 0.15) is 6.04 Å². The van der Waals surface area contributed by atoms with E-state index in [0.29, 0.717) is 12.5 Å². The number of halogens is 2. The first kappa shape index (κ1) is 20.4. The van der Waals surface area contributed by atoms with Crippen LogP contribution in [0.3, 0.4) is 0 Å². The maximum atomic E-state index is 13.9. The minimum Gasteiger partial charge on any atom is -0.464 e. The summed E-state index contributed by atoms with van der Waals surface area (Å²) in [6, 6.07) is 3.32. The van der Waals surface area contributed by atoms with Gasteiger partial charge < -0.3 is 10.1 Å². The number of hydrogen-bond acceptors (Lipinski definition) is 3. The summed E-state index contributed by atoms with van der Waals surface area (Å²) in [6.45, 7) is 8.07. The summed E-state index contributed by atoms with van der Waals surface area (Å²) in [4.78, 5) is 24.4. The molecule has 0 aliphatic heterocycles. The molecule has 0 aromatic heterocycles. The van der Waals surface area contributed by atoms with Crippen LogP contribution < -0.4 is 5.32 Å². The van der Waals surface area contributed by atoms with Crippen LogP contribution in [0.5, 0.6) is 0 Å². The van der Waals surface area contributed by atoms with Crippen molar-refractivity contribution in [2.75, 3.05) is 6.61 Å². The van der Waals surface area contributed by atoms with Crippen LogP contribution in [0, 0.1) is 17.7 Å². The number of carbonyl (C=O) groups is 2. The Morgan fingerprint density at radius 1 is 1.25 bits per heavy atom. The fraction of sp³-hybridized carbons (Fsp3) is 0.556. The summed E-state index contributed by atoms with van der Waals surface area (Å²) in [7, 11) is 0. The van der Waals surface area contributed by atoms with Gasteiger partial charge in [0.05, 0.1) is 17.2 Å². The molecule has 0 saturated carbocycles. The van der Waals surface area contributed by atoms with E-state index in [1.165, 1.54) is 18.2 Å². The fourth-order valence-electron chi connectivity index (χ4n) is 2.15. The standard InChI is InChI=1S/C18H25ClFNO3/c1-11(2)7-6-10-24-18(23)16(12(3)4)21-17(22)13-8-5-9-14(19)15(13)20/h5,8-9,11-12,16H,6-7,10H2,1-4H3,(H,21,22). The lowest BCUT2D eigenvalue weighted by Gasteiger charge is -2.21. The zero-order valence-corrected chi connectivity index (χ0v) is 15.3. The molecule has 1 aromatic carbocycles. The highest BCUT2D eigenvalue weighted by atomic mass is 35.5. The maximum Gasteiger partial charge on any atom is 0.328 e. The second-order valence-corrected chi connectivity index (χ2v) is 6.91. The van der Waals surface area contributed by atoms with Gasteiger partial charge in [0.2, 0.25) is 0 Å². The van der Waals surface area contributed by atoms with E-state index in [4.69, 9.17) is 16.3 Å². The molecule has 1 rings (SSSR count). The van der Waals surface area contributed by atoms with Crippen molar-refractivity contribution in [1.82, 2.24) is 5.32 Å². The van der Waals surface area contributed by atoms with Gasteiger partial charge in [-0.05, 0) is 36.8 Å². The Labute approximate surface area is 147 Å². The maximum absolute atomic E-state index is 13.9. The van der Waals surface area contributed by atoms with Gasteiger partial charge in [-0.2, -0.15) is 0 Å². The van der Waals surface area contributed by atoms with E-state index in [-0.39, 0.29) is 16.5 Å². The largest absolute Gasteiger partial charge is 0.464 e. The lowest BCUT2D eigenvalue weighted by atomic mass is 10.0. The summed E-state index contributed by atoms with van der Waals surface area (Å²) in [5, 5.41) is 2.40. The van der Waals surface area contributed by atoms with E-state index in [2.05, 4.69) is 19.2 Å². The van der Waals surface area contributed by atoms with E-state index in [9.17, 15) is 14.0 Å². The van der Waals surface area contributed by atoms with Gasteiger partial charge in [0, 0.05) is 0 Å². The second-order valence-electron chi connectivity index (χ2n) is 6.50. The Morgan fingerprint density at radius 3 is 2.50 bits per heavy atom. The zero-order valence-electron chi connectivity index (χ0n) is 14.6. The molecule has 0 aliphatic carbocycles. The topological polar surface area (TPSA) is 55.4 Å². The Hall–Kier alpha value is -1.62. The van der Waals surface area contributed by atoms with Crippen molar-refractivity contribution in [1.29, 1.82) is 0 Å². The number of esters is 1. The van der Waals surface area contributed by atoms with Crippen molar-refractivity contribution >= 4 is 23.5 Å². The molecule has 4 nitrogen and oxygen atoms in total. The molecule has 0 saturated heterocycles. The molecule has 0 fully saturated rings. The summed E-state index contributed by atoms with van der Waals surface area (Å²) < 4.78 is 19.2. The van der Waals surface area contributed by atoms with E-state index in [1.807, 2.05) is 0 Å². The number of nitrogens with one attached hydrogen (secondary N) is 1. The summed E-state index contributed by atoms with van der Waals surface area (Å²) in [6.07, 6.45) is 1.73. The molecule has 1 unspecified atom stereocenters. The third-order valence-corrected chi connectivity index (χ3v) is 3.87. The smallest absolute Gasteiger partial charge is 0.328 e. The van der Waals surface area contributed by atoms with Crippen LogP contribution in [-0.2, 0) is 9.53 Å². The number of carbonyl (C=O) groups excluding carboxylic acids is 2. The molecule has 0 radical (unpaired) electrons. The van der Waals surface area contributed by atoms with Gasteiger partial charge >= 0.3 is 5.97 Å². The highest BCUT2D eigenvalue weighted by Gasteiger charge is 2.27. The van der Waals surface area contributed by atoms with Crippen LogP contribution in [0.2, 0.25) is 5.02 Å². The number of rotatable bonds is 8. The van der Waals surface area contributed by atoms with Crippen molar-refractivity contribution in [3.8, 4) is 0 Å². The lowest BCUT2D eigenvalue weighted by molar-refractivity contribution is -0.147. The van der Waals surface area contributed by atoms with Crippen molar-refractivity contribution in [3.63, 3.8) is 0 Å². The summed E-state index contributed by atoms with van der Waals surface area (Å²) >= 11 is 5.68. The van der Waals surface area contributed by atoms with Crippen LogP contribution in [0.4, 0.5) is 4.39 Å². The third-order valence-electron chi connectivity index (χ3n) is 3.57. The van der Waals surface area contributed by atoms with Gasteiger partial charge in [-0.3, -0.25) is 4.79 Å². The van der Waals surface area contributed by atoms with E-state index < -0.39 is 23.7 Å². The van der Waals surface area contributed by atoms with Gasteiger partial charge in [-0.1, -0.05) is 45.4 Å². The Morgan fingerprint density at radius 2 is 1.92 bits per heavy atom. The number of benzene rings is 1. The van der Waals surface area contributed by atoms with Crippen molar-refractivity contribution in [3.05, 3.63) is 34.6 Å². The Kier molecular flexibility index (Phi) is 8.19. The molecular formula is C18H25ClFNO3. The molecule has 1 aromatic rings. The molecule has 24 heavy (non-hydrogen) atoms. The molecule has 0 heterocycles. The van der Waals surface area contributed by atoms with Crippen LogP contribution in [0.1, 0.15) is 50.9 Å². The normalized spacial score (nSPS) is 12.3. The molecule has 134 valence electrons. The predicted molar refractivity (Wildman–Crippen MR) is 92.5 cm³/mol. The first-order valence-corrected chi connectivity index (χ1v) is 8.53. The molecule has 0 aliphatic rings. The number of hydrogen-bond donors (Lipinski definition) is 1. The van der Waals surface area contributed by atoms with Gasteiger partial charge in [0.15, 0.2) is 5.82 Å². The Balaban J connectivity index is 2.70. The first-order valence-electron chi connectivity index (χ1n) is 8.15. The van der Waals surface area contributed by atoms with Gasteiger partial charge in [0.25, 0.3) is 5.91 Å². The highest BCUT2D eigenvalue weighted by Crippen LogP contribution is 2.18. The fourth-order valence-corrected chi connectivity index (χ4v) is 2.32. The van der Waals surface area contributed by atoms with Crippen LogP contribution in [0.25, 0.3) is 0 Å². The minimum atomic E-state index is -0.838.